The maximum absolute atomic E-state index is 4.41. The average molecular weight is 207 g/mol. The van der Waals surface area contributed by atoms with Crippen LogP contribution < -0.4 is 5.32 Å². The lowest BCUT2D eigenvalue weighted by Crippen LogP contribution is -2.36. The molecule has 0 spiro atoms. The molecule has 3 heteroatoms. The Morgan fingerprint density at radius 3 is 2.73 bits per heavy atom. The lowest BCUT2D eigenvalue weighted by molar-refractivity contribution is 0.410. The molecule has 3 nitrogen and oxygen atoms in total. The van der Waals surface area contributed by atoms with Crippen molar-refractivity contribution >= 4 is 0 Å². The quantitative estimate of drug-likeness (QED) is 0.806. The third-order valence-electron chi connectivity index (χ3n) is 3.44. The van der Waals surface area contributed by atoms with E-state index in [2.05, 4.69) is 44.3 Å². The maximum atomic E-state index is 4.41. The van der Waals surface area contributed by atoms with E-state index in [-0.39, 0.29) is 5.54 Å². The second kappa shape index (κ2) is 3.63. The van der Waals surface area contributed by atoms with Crippen LogP contribution in [0.1, 0.15) is 51.6 Å². The van der Waals surface area contributed by atoms with Crippen LogP contribution in [0, 0.1) is 0 Å². The summed E-state index contributed by atoms with van der Waals surface area (Å²) in [4.78, 5) is 0. The Kier molecular flexibility index (Phi) is 2.59. The highest BCUT2D eigenvalue weighted by Gasteiger charge is 2.35. The molecule has 0 aromatic carbocycles. The van der Waals surface area contributed by atoms with Gasteiger partial charge in [-0.15, -0.1) is 0 Å². The van der Waals surface area contributed by atoms with Gasteiger partial charge < -0.3 is 5.32 Å². The molecule has 1 aliphatic rings. The van der Waals surface area contributed by atoms with Gasteiger partial charge in [0.05, 0.1) is 6.20 Å². The second-order valence-corrected chi connectivity index (χ2v) is 5.34. The van der Waals surface area contributed by atoms with Crippen molar-refractivity contribution in [2.24, 2.45) is 0 Å². The van der Waals surface area contributed by atoms with Gasteiger partial charge in [-0.05, 0) is 46.2 Å². The monoisotopic (exact) mass is 207 g/mol. The second-order valence-electron chi connectivity index (χ2n) is 5.34. The summed E-state index contributed by atoms with van der Waals surface area (Å²) < 4.78 is 2.05. The Labute approximate surface area is 91.9 Å². The smallest absolute Gasteiger partial charge is 0.0525 e. The fourth-order valence-electron chi connectivity index (χ4n) is 2.42. The molecule has 1 aromatic rings. The van der Waals surface area contributed by atoms with Gasteiger partial charge in [0.1, 0.15) is 0 Å². The number of aromatic nitrogens is 2. The van der Waals surface area contributed by atoms with Crippen LogP contribution in [0.15, 0.2) is 12.4 Å². The number of nitrogens with one attached hydrogen (secondary N) is 1. The summed E-state index contributed by atoms with van der Waals surface area (Å²) in [5, 5.41) is 7.96. The van der Waals surface area contributed by atoms with E-state index in [1.54, 1.807) is 0 Å². The Hall–Kier alpha value is -0.830. The first-order chi connectivity index (χ1) is 7.00. The number of nitrogens with zero attached hydrogens (tertiary/aromatic N) is 2. The molecule has 1 aromatic heterocycles. The lowest BCUT2D eigenvalue weighted by atomic mass is 9.85. The molecule has 0 aliphatic carbocycles. The first-order valence-electron chi connectivity index (χ1n) is 5.80. The highest BCUT2D eigenvalue weighted by atomic mass is 15.3. The summed E-state index contributed by atoms with van der Waals surface area (Å²) >= 11 is 0. The van der Waals surface area contributed by atoms with E-state index >= 15 is 0 Å². The van der Waals surface area contributed by atoms with E-state index in [0.717, 1.165) is 6.54 Å². The van der Waals surface area contributed by atoms with E-state index in [1.807, 2.05) is 10.9 Å². The highest BCUT2D eigenvalue weighted by Crippen LogP contribution is 2.35. The molecule has 84 valence electrons. The highest BCUT2D eigenvalue weighted by molar-refractivity contribution is 5.19. The summed E-state index contributed by atoms with van der Waals surface area (Å²) in [7, 11) is 0. The van der Waals surface area contributed by atoms with Crippen LogP contribution in [0.3, 0.4) is 0 Å². The van der Waals surface area contributed by atoms with Crippen molar-refractivity contribution in [3.05, 3.63) is 18.0 Å². The standard InChI is InChI=1S/C12H21N3/c1-9(2)15-8-10(7-14-15)11-5-6-13-12(11,3)4/h7-9,11,13H,5-6H2,1-4H3. The van der Waals surface area contributed by atoms with Crippen molar-refractivity contribution in [2.45, 2.75) is 51.6 Å². The van der Waals surface area contributed by atoms with E-state index in [9.17, 15) is 0 Å². The molecule has 2 rings (SSSR count). The molecule has 1 atom stereocenters. The van der Waals surface area contributed by atoms with Gasteiger partial charge in [-0.3, -0.25) is 4.68 Å². The zero-order valence-electron chi connectivity index (χ0n) is 10.1. The SMILES string of the molecule is CC(C)n1cc(C2CCNC2(C)C)cn1. The molecule has 1 unspecified atom stereocenters. The Balaban J connectivity index is 2.22. The largest absolute Gasteiger partial charge is 0.311 e. The van der Waals surface area contributed by atoms with Crippen molar-refractivity contribution in [1.82, 2.24) is 15.1 Å². The lowest BCUT2D eigenvalue weighted by Gasteiger charge is -2.26. The predicted molar refractivity (Wildman–Crippen MR) is 62.1 cm³/mol. The van der Waals surface area contributed by atoms with E-state index in [1.165, 1.54) is 12.0 Å². The van der Waals surface area contributed by atoms with Gasteiger partial charge in [-0.1, -0.05) is 0 Å². The maximum Gasteiger partial charge on any atom is 0.0525 e. The zero-order valence-corrected chi connectivity index (χ0v) is 10.1. The first kappa shape index (κ1) is 10.7. The van der Waals surface area contributed by atoms with Gasteiger partial charge in [-0.25, -0.2) is 0 Å². The normalized spacial score (nSPS) is 25.0. The molecule has 1 aliphatic heterocycles. The molecule has 1 fully saturated rings. The van der Waals surface area contributed by atoms with Crippen LogP contribution in [0.4, 0.5) is 0 Å². The minimum absolute atomic E-state index is 0.213. The first-order valence-corrected chi connectivity index (χ1v) is 5.80. The molecule has 1 N–H and O–H groups in total. The van der Waals surface area contributed by atoms with Crippen LogP contribution in [-0.2, 0) is 0 Å². The van der Waals surface area contributed by atoms with Crippen molar-refractivity contribution in [1.29, 1.82) is 0 Å². The van der Waals surface area contributed by atoms with Gasteiger partial charge in [0.2, 0.25) is 0 Å². The third-order valence-corrected chi connectivity index (χ3v) is 3.44. The minimum atomic E-state index is 0.213. The van der Waals surface area contributed by atoms with E-state index in [4.69, 9.17) is 0 Å². The molecule has 1 saturated heterocycles. The number of rotatable bonds is 2. The topological polar surface area (TPSA) is 29.9 Å². The molecular weight excluding hydrogens is 186 g/mol. The van der Waals surface area contributed by atoms with Gasteiger partial charge >= 0.3 is 0 Å². The molecule has 15 heavy (non-hydrogen) atoms. The molecular formula is C12H21N3. The van der Waals surface area contributed by atoms with Crippen molar-refractivity contribution in [3.63, 3.8) is 0 Å². The van der Waals surface area contributed by atoms with Crippen LogP contribution in [-0.4, -0.2) is 21.9 Å². The molecule has 2 heterocycles. The van der Waals surface area contributed by atoms with Gasteiger partial charge in [-0.2, -0.15) is 5.10 Å². The summed E-state index contributed by atoms with van der Waals surface area (Å²) in [6.45, 7) is 9.99. The van der Waals surface area contributed by atoms with Gasteiger partial charge in [0.25, 0.3) is 0 Å². The molecule has 0 amide bonds. The fraction of sp³-hybridized carbons (Fsp3) is 0.750. The minimum Gasteiger partial charge on any atom is -0.311 e. The summed E-state index contributed by atoms with van der Waals surface area (Å²) in [6.07, 6.45) is 5.44. The van der Waals surface area contributed by atoms with Crippen LogP contribution in [0.2, 0.25) is 0 Å². The van der Waals surface area contributed by atoms with Crippen molar-refractivity contribution in [2.75, 3.05) is 6.54 Å². The molecule has 0 radical (unpaired) electrons. The number of hydrogen-bond donors (Lipinski definition) is 1. The average Bonchev–Trinajstić information content (AvgIpc) is 2.69. The van der Waals surface area contributed by atoms with Crippen LogP contribution in [0.5, 0.6) is 0 Å². The summed E-state index contributed by atoms with van der Waals surface area (Å²) in [5.74, 6) is 0.602. The van der Waals surface area contributed by atoms with E-state index < -0.39 is 0 Å². The Morgan fingerprint density at radius 1 is 1.53 bits per heavy atom. The van der Waals surface area contributed by atoms with Crippen molar-refractivity contribution < 1.29 is 0 Å². The van der Waals surface area contributed by atoms with Crippen LogP contribution in [0.25, 0.3) is 0 Å². The molecule has 0 bridgehead atoms. The fourth-order valence-corrected chi connectivity index (χ4v) is 2.42. The van der Waals surface area contributed by atoms with Crippen molar-refractivity contribution in [3.8, 4) is 0 Å². The van der Waals surface area contributed by atoms with Gasteiger partial charge in [0, 0.05) is 23.7 Å². The summed E-state index contributed by atoms with van der Waals surface area (Å²) in [6, 6.07) is 0.455. The summed E-state index contributed by atoms with van der Waals surface area (Å²) in [5.41, 5.74) is 1.59. The molecule has 0 saturated carbocycles. The number of hydrogen-bond acceptors (Lipinski definition) is 2. The van der Waals surface area contributed by atoms with E-state index in [0.29, 0.717) is 12.0 Å². The van der Waals surface area contributed by atoms with Crippen LogP contribution >= 0.6 is 0 Å². The third kappa shape index (κ3) is 1.93. The Morgan fingerprint density at radius 2 is 2.27 bits per heavy atom. The predicted octanol–water partition coefficient (Wildman–Crippen LogP) is 2.32. The Bertz CT molecular complexity index is 338. The zero-order chi connectivity index (χ0) is 11.1. The van der Waals surface area contributed by atoms with Gasteiger partial charge in [0.15, 0.2) is 0 Å².